The first-order valence-corrected chi connectivity index (χ1v) is 5.97. The van der Waals surface area contributed by atoms with E-state index in [4.69, 9.17) is 0 Å². The first kappa shape index (κ1) is 10.7. The predicted molar refractivity (Wildman–Crippen MR) is 59.8 cm³/mol. The molecule has 2 fully saturated rings. The van der Waals surface area contributed by atoms with E-state index in [0.29, 0.717) is 12.1 Å². The van der Waals surface area contributed by atoms with Gasteiger partial charge in [-0.05, 0) is 26.7 Å². The summed E-state index contributed by atoms with van der Waals surface area (Å²) in [4.78, 5) is 16.2. The van der Waals surface area contributed by atoms with Gasteiger partial charge < -0.3 is 15.1 Å². The molecule has 0 aromatic heterocycles. The van der Waals surface area contributed by atoms with Gasteiger partial charge in [-0.2, -0.15) is 0 Å². The monoisotopic (exact) mass is 211 g/mol. The molecule has 2 amide bonds. The van der Waals surface area contributed by atoms with Crippen LogP contribution >= 0.6 is 0 Å². The van der Waals surface area contributed by atoms with E-state index in [0.717, 1.165) is 26.2 Å². The van der Waals surface area contributed by atoms with E-state index >= 15 is 0 Å². The van der Waals surface area contributed by atoms with Crippen LogP contribution in [0.1, 0.15) is 26.7 Å². The number of carbonyl (C=O) groups excluding carboxylic acids is 1. The second-order valence-electron chi connectivity index (χ2n) is 4.79. The third kappa shape index (κ3) is 2.25. The van der Waals surface area contributed by atoms with Crippen LogP contribution < -0.4 is 5.32 Å². The zero-order valence-corrected chi connectivity index (χ0v) is 9.70. The van der Waals surface area contributed by atoms with E-state index in [1.54, 1.807) is 0 Å². The average molecular weight is 211 g/mol. The van der Waals surface area contributed by atoms with Crippen LogP contribution in [0.25, 0.3) is 0 Å². The molecule has 15 heavy (non-hydrogen) atoms. The largest absolute Gasteiger partial charge is 0.325 e. The zero-order chi connectivity index (χ0) is 10.8. The molecule has 2 aliphatic rings. The van der Waals surface area contributed by atoms with Gasteiger partial charge in [-0.1, -0.05) is 0 Å². The highest BCUT2D eigenvalue weighted by atomic mass is 16.2. The van der Waals surface area contributed by atoms with E-state index in [2.05, 4.69) is 19.2 Å². The smallest absolute Gasteiger partial charge is 0.320 e. The fourth-order valence-electron chi connectivity index (χ4n) is 2.38. The molecule has 4 heteroatoms. The molecule has 0 spiro atoms. The molecule has 0 radical (unpaired) electrons. The number of carbonyl (C=O) groups is 1. The van der Waals surface area contributed by atoms with Crippen molar-refractivity contribution in [1.82, 2.24) is 15.1 Å². The van der Waals surface area contributed by atoms with Gasteiger partial charge in [0.25, 0.3) is 0 Å². The first-order chi connectivity index (χ1) is 7.18. The van der Waals surface area contributed by atoms with Crippen LogP contribution in [0, 0.1) is 0 Å². The number of nitrogens with zero attached hydrogens (tertiary/aromatic N) is 2. The van der Waals surface area contributed by atoms with E-state index in [-0.39, 0.29) is 6.03 Å². The number of likely N-dealkylation sites (tertiary alicyclic amines) is 1. The van der Waals surface area contributed by atoms with E-state index in [1.807, 2.05) is 9.80 Å². The topological polar surface area (TPSA) is 35.6 Å². The van der Waals surface area contributed by atoms with Crippen LogP contribution in [0.4, 0.5) is 4.79 Å². The lowest BCUT2D eigenvalue weighted by Gasteiger charge is -2.39. The fraction of sp³-hybridized carbons (Fsp3) is 0.909. The van der Waals surface area contributed by atoms with Crippen molar-refractivity contribution in [3.05, 3.63) is 0 Å². The quantitative estimate of drug-likeness (QED) is 0.646. The first-order valence-electron chi connectivity index (χ1n) is 5.97. The Labute approximate surface area is 91.6 Å². The summed E-state index contributed by atoms with van der Waals surface area (Å²) in [5, 5.41) is 3.39. The third-order valence-corrected chi connectivity index (χ3v) is 3.39. The molecular formula is C11H21N3O. The molecule has 2 atom stereocenters. The molecule has 2 unspecified atom stereocenters. The van der Waals surface area contributed by atoms with Gasteiger partial charge in [0.15, 0.2) is 0 Å². The lowest BCUT2D eigenvalue weighted by Crippen LogP contribution is -2.58. The second kappa shape index (κ2) is 4.39. The van der Waals surface area contributed by atoms with Gasteiger partial charge in [0, 0.05) is 38.3 Å². The minimum Gasteiger partial charge on any atom is -0.325 e. The summed E-state index contributed by atoms with van der Waals surface area (Å²) in [6, 6.07) is 0.996. The van der Waals surface area contributed by atoms with Crippen LogP contribution in [0.15, 0.2) is 0 Å². The van der Waals surface area contributed by atoms with Crippen molar-refractivity contribution < 1.29 is 4.79 Å². The predicted octanol–water partition coefficient (Wildman–Crippen LogP) is 0.884. The number of urea groups is 1. The lowest BCUT2D eigenvalue weighted by atomic mass is 10.1. The summed E-state index contributed by atoms with van der Waals surface area (Å²) in [5.41, 5.74) is 0. The molecular weight excluding hydrogens is 190 g/mol. The van der Waals surface area contributed by atoms with Crippen LogP contribution in [-0.4, -0.2) is 54.1 Å². The number of hydrogen-bond acceptors (Lipinski definition) is 2. The molecule has 4 nitrogen and oxygen atoms in total. The zero-order valence-electron chi connectivity index (χ0n) is 9.70. The van der Waals surface area contributed by atoms with Crippen molar-refractivity contribution in [3.8, 4) is 0 Å². The van der Waals surface area contributed by atoms with Crippen LogP contribution in [0.2, 0.25) is 0 Å². The summed E-state index contributed by atoms with van der Waals surface area (Å²) in [7, 11) is 0. The lowest BCUT2D eigenvalue weighted by molar-refractivity contribution is 0.122. The summed E-state index contributed by atoms with van der Waals surface area (Å²) in [6.07, 6.45) is 2.34. The molecule has 2 heterocycles. The Morgan fingerprint density at radius 1 is 1.27 bits per heavy atom. The molecule has 0 bridgehead atoms. The van der Waals surface area contributed by atoms with E-state index < -0.39 is 0 Å². The van der Waals surface area contributed by atoms with Crippen molar-refractivity contribution in [2.45, 2.75) is 38.8 Å². The molecule has 2 saturated heterocycles. The maximum Gasteiger partial charge on any atom is 0.320 e. The van der Waals surface area contributed by atoms with Gasteiger partial charge in [-0.3, -0.25) is 0 Å². The van der Waals surface area contributed by atoms with Crippen molar-refractivity contribution >= 4 is 6.03 Å². The summed E-state index contributed by atoms with van der Waals surface area (Å²) in [5.74, 6) is 0. The molecule has 0 aromatic rings. The highest BCUT2D eigenvalue weighted by Crippen LogP contribution is 2.14. The Kier molecular flexibility index (Phi) is 3.14. The standard InChI is InChI=1S/C11H21N3O/c1-9-8-14(10(2)7-12-9)11(15)13-5-3-4-6-13/h9-10,12H,3-8H2,1-2H3. The molecule has 2 aliphatic heterocycles. The van der Waals surface area contributed by atoms with Crippen molar-refractivity contribution in [3.63, 3.8) is 0 Å². The van der Waals surface area contributed by atoms with Gasteiger partial charge in [0.2, 0.25) is 0 Å². The van der Waals surface area contributed by atoms with Gasteiger partial charge in [-0.25, -0.2) is 4.79 Å². The highest BCUT2D eigenvalue weighted by Gasteiger charge is 2.30. The maximum absolute atomic E-state index is 12.2. The summed E-state index contributed by atoms with van der Waals surface area (Å²) < 4.78 is 0. The van der Waals surface area contributed by atoms with E-state index in [1.165, 1.54) is 12.8 Å². The minimum atomic E-state index is 0.244. The normalized spacial score (nSPS) is 32.1. The van der Waals surface area contributed by atoms with Gasteiger partial charge in [-0.15, -0.1) is 0 Å². The Morgan fingerprint density at radius 3 is 2.60 bits per heavy atom. The molecule has 0 aliphatic carbocycles. The van der Waals surface area contributed by atoms with Crippen molar-refractivity contribution in [2.75, 3.05) is 26.2 Å². The average Bonchev–Trinajstić information content (AvgIpc) is 2.74. The Bertz CT molecular complexity index is 238. The highest BCUT2D eigenvalue weighted by molar-refractivity contribution is 5.75. The minimum absolute atomic E-state index is 0.244. The maximum atomic E-state index is 12.2. The number of hydrogen-bond donors (Lipinski definition) is 1. The summed E-state index contributed by atoms with van der Waals surface area (Å²) >= 11 is 0. The number of nitrogens with one attached hydrogen (secondary N) is 1. The summed E-state index contributed by atoms with van der Waals surface area (Å²) in [6.45, 7) is 7.91. The molecule has 86 valence electrons. The number of piperazine rings is 1. The molecule has 0 saturated carbocycles. The van der Waals surface area contributed by atoms with Crippen molar-refractivity contribution in [2.24, 2.45) is 0 Å². The van der Waals surface area contributed by atoms with Crippen LogP contribution in [-0.2, 0) is 0 Å². The number of amides is 2. The van der Waals surface area contributed by atoms with Crippen molar-refractivity contribution in [1.29, 1.82) is 0 Å². The van der Waals surface area contributed by atoms with Gasteiger partial charge in [0.1, 0.15) is 0 Å². The Balaban J connectivity index is 1.97. The van der Waals surface area contributed by atoms with Gasteiger partial charge >= 0.3 is 6.03 Å². The Hall–Kier alpha value is -0.770. The SMILES string of the molecule is CC1CN(C(=O)N2CCCC2)C(C)CN1. The third-order valence-electron chi connectivity index (χ3n) is 3.39. The molecule has 1 N–H and O–H groups in total. The van der Waals surface area contributed by atoms with E-state index in [9.17, 15) is 4.79 Å². The molecule has 2 rings (SSSR count). The number of rotatable bonds is 0. The Morgan fingerprint density at radius 2 is 1.93 bits per heavy atom. The van der Waals surface area contributed by atoms with Gasteiger partial charge in [0.05, 0.1) is 0 Å². The van der Waals surface area contributed by atoms with Crippen LogP contribution in [0.5, 0.6) is 0 Å². The fourth-order valence-corrected chi connectivity index (χ4v) is 2.38. The molecule has 0 aromatic carbocycles. The van der Waals surface area contributed by atoms with Crippen LogP contribution in [0.3, 0.4) is 0 Å². The second-order valence-corrected chi connectivity index (χ2v) is 4.79.